The number of amides is 1. The van der Waals surface area contributed by atoms with E-state index in [9.17, 15) is 9.59 Å². The van der Waals surface area contributed by atoms with E-state index in [-0.39, 0.29) is 16.9 Å². The quantitative estimate of drug-likeness (QED) is 0.463. The van der Waals surface area contributed by atoms with Gasteiger partial charge in [-0.2, -0.15) is 0 Å². The number of likely N-dealkylation sites (N-methyl/N-ethyl adjacent to an activating group) is 1. The zero-order valence-corrected chi connectivity index (χ0v) is 18.8. The second kappa shape index (κ2) is 8.60. The molecule has 1 amide bonds. The monoisotopic (exact) mass is 453 g/mol. The predicted molar refractivity (Wildman–Crippen MR) is 125 cm³/mol. The molecule has 1 unspecified atom stereocenters. The van der Waals surface area contributed by atoms with E-state index in [2.05, 4.69) is 15.4 Å². The minimum Gasteiger partial charge on any atom is -0.381 e. The van der Waals surface area contributed by atoms with Crippen LogP contribution in [0.25, 0.3) is 16.4 Å². The van der Waals surface area contributed by atoms with Crippen LogP contribution < -0.4 is 16.6 Å². The lowest BCUT2D eigenvalue weighted by molar-refractivity contribution is 0.0940. The van der Waals surface area contributed by atoms with E-state index < -0.39 is 11.9 Å². The lowest BCUT2D eigenvalue weighted by Gasteiger charge is -2.22. The van der Waals surface area contributed by atoms with Crippen molar-refractivity contribution in [1.29, 1.82) is 0 Å². The van der Waals surface area contributed by atoms with Crippen LogP contribution >= 0.6 is 11.6 Å². The Kier molecular flexibility index (Phi) is 5.86. The van der Waals surface area contributed by atoms with Gasteiger partial charge >= 0.3 is 0 Å². The van der Waals surface area contributed by atoms with Crippen LogP contribution in [0.1, 0.15) is 29.0 Å². The number of hydrogen-bond acceptors (Lipinski definition) is 6. The summed E-state index contributed by atoms with van der Waals surface area (Å²) >= 11 is 6.33. The number of carbonyl (C=O) groups is 1. The number of nitrogens with one attached hydrogen (secondary N) is 1. The number of nitrogen functional groups attached to an aromatic ring is 1. The summed E-state index contributed by atoms with van der Waals surface area (Å²) in [5.41, 5.74) is 7.03. The third-order valence-corrected chi connectivity index (χ3v) is 5.65. The van der Waals surface area contributed by atoms with Crippen molar-refractivity contribution in [2.24, 2.45) is 0 Å². The Morgan fingerprint density at radius 3 is 2.84 bits per heavy atom. The molecule has 32 heavy (non-hydrogen) atoms. The fourth-order valence-corrected chi connectivity index (χ4v) is 3.99. The standard InChI is InChI=1S/C22H24ClN7O2/c1-13(26-21(31)18-19(24)27-30-9-5-8-25-20(18)30)16-12-14-6-4-7-15(23)17(14)22(32)29(16)11-10-28(2)3/h4-9,12-13H,10-11H2,1-3H3,(H2,24,27)(H,26,31). The van der Waals surface area contributed by atoms with Gasteiger partial charge in [0.25, 0.3) is 11.5 Å². The van der Waals surface area contributed by atoms with E-state index in [4.69, 9.17) is 17.3 Å². The molecule has 0 aliphatic carbocycles. The van der Waals surface area contributed by atoms with Crippen LogP contribution in [-0.2, 0) is 6.54 Å². The summed E-state index contributed by atoms with van der Waals surface area (Å²) in [4.78, 5) is 32.6. The number of carbonyl (C=O) groups excluding carboxylic acids is 1. The number of anilines is 1. The van der Waals surface area contributed by atoms with Crippen molar-refractivity contribution in [3.63, 3.8) is 0 Å². The third kappa shape index (κ3) is 3.92. The molecule has 0 aliphatic heterocycles. The van der Waals surface area contributed by atoms with E-state index in [1.54, 1.807) is 35.2 Å². The highest BCUT2D eigenvalue weighted by Gasteiger charge is 2.23. The Bertz CT molecular complexity index is 1380. The molecule has 3 heterocycles. The Morgan fingerprint density at radius 2 is 2.09 bits per heavy atom. The van der Waals surface area contributed by atoms with Crippen molar-refractivity contribution in [1.82, 2.24) is 29.4 Å². The maximum Gasteiger partial charge on any atom is 0.260 e. The van der Waals surface area contributed by atoms with Gasteiger partial charge in [-0.3, -0.25) is 9.59 Å². The van der Waals surface area contributed by atoms with Gasteiger partial charge in [-0.15, -0.1) is 5.10 Å². The van der Waals surface area contributed by atoms with Crippen LogP contribution in [-0.4, -0.2) is 50.6 Å². The normalized spacial score (nSPS) is 12.5. The molecule has 10 heteroatoms. The number of fused-ring (bicyclic) bond motifs is 2. The van der Waals surface area contributed by atoms with Crippen LogP contribution in [0, 0.1) is 0 Å². The van der Waals surface area contributed by atoms with Crippen molar-refractivity contribution >= 4 is 39.7 Å². The van der Waals surface area contributed by atoms with Crippen molar-refractivity contribution in [2.75, 3.05) is 26.4 Å². The Labute approximate surface area is 189 Å². The average molecular weight is 454 g/mol. The van der Waals surface area contributed by atoms with Crippen LogP contribution in [0.15, 0.2) is 47.5 Å². The summed E-state index contributed by atoms with van der Waals surface area (Å²) in [7, 11) is 3.87. The van der Waals surface area contributed by atoms with E-state index in [0.717, 1.165) is 5.39 Å². The number of nitrogens with zero attached hydrogens (tertiary/aromatic N) is 5. The summed E-state index contributed by atoms with van der Waals surface area (Å²) in [6, 6.07) is 8.44. The molecule has 1 atom stereocenters. The molecular weight excluding hydrogens is 430 g/mol. The molecule has 0 aliphatic rings. The SMILES string of the molecule is CC(NC(=O)c1c(N)nn2cccnc12)c1cc2cccc(Cl)c2c(=O)n1CCN(C)C. The first-order valence-electron chi connectivity index (χ1n) is 10.1. The van der Waals surface area contributed by atoms with Gasteiger partial charge in [0.2, 0.25) is 0 Å². The third-order valence-electron chi connectivity index (χ3n) is 5.33. The molecule has 0 saturated heterocycles. The van der Waals surface area contributed by atoms with Gasteiger partial charge in [0.1, 0.15) is 5.56 Å². The highest BCUT2D eigenvalue weighted by Crippen LogP contribution is 2.24. The molecule has 9 nitrogen and oxygen atoms in total. The number of rotatable bonds is 6. The van der Waals surface area contributed by atoms with Gasteiger partial charge in [-0.25, -0.2) is 9.50 Å². The summed E-state index contributed by atoms with van der Waals surface area (Å²) in [5, 5.41) is 8.67. The molecule has 166 valence electrons. The van der Waals surface area contributed by atoms with E-state index in [1.165, 1.54) is 4.52 Å². The van der Waals surface area contributed by atoms with Crippen LogP contribution in [0.3, 0.4) is 0 Å². The van der Waals surface area contributed by atoms with Crippen LogP contribution in [0.2, 0.25) is 5.02 Å². The highest BCUT2D eigenvalue weighted by molar-refractivity contribution is 6.35. The summed E-state index contributed by atoms with van der Waals surface area (Å²) in [6.07, 6.45) is 3.24. The largest absolute Gasteiger partial charge is 0.381 e. The smallest absolute Gasteiger partial charge is 0.260 e. The Balaban J connectivity index is 1.76. The van der Waals surface area contributed by atoms with E-state index >= 15 is 0 Å². The zero-order valence-electron chi connectivity index (χ0n) is 18.0. The van der Waals surface area contributed by atoms with Gasteiger partial charge in [-0.05, 0) is 44.6 Å². The second-order valence-electron chi connectivity index (χ2n) is 7.88. The molecule has 0 spiro atoms. The lowest BCUT2D eigenvalue weighted by atomic mass is 10.1. The van der Waals surface area contributed by atoms with Gasteiger partial charge in [0.15, 0.2) is 11.5 Å². The second-order valence-corrected chi connectivity index (χ2v) is 8.28. The molecular formula is C22H24ClN7O2. The molecule has 0 bridgehead atoms. The highest BCUT2D eigenvalue weighted by atomic mass is 35.5. The first-order chi connectivity index (χ1) is 15.3. The molecule has 3 N–H and O–H groups in total. The molecule has 0 radical (unpaired) electrons. The lowest BCUT2D eigenvalue weighted by Crippen LogP contribution is -2.34. The van der Waals surface area contributed by atoms with Crippen molar-refractivity contribution in [3.8, 4) is 0 Å². The first-order valence-corrected chi connectivity index (χ1v) is 10.5. The van der Waals surface area contributed by atoms with Gasteiger partial charge in [0, 0.05) is 31.2 Å². The van der Waals surface area contributed by atoms with Gasteiger partial charge < -0.3 is 20.5 Å². The number of halogens is 1. The molecule has 1 aromatic carbocycles. The maximum atomic E-state index is 13.3. The number of nitrogens with two attached hydrogens (primary N) is 1. The van der Waals surface area contributed by atoms with Crippen LogP contribution in [0.4, 0.5) is 5.82 Å². The Hall–Kier alpha value is -3.43. The van der Waals surface area contributed by atoms with Gasteiger partial charge in [-0.1, -0.05) is 23.7 Å². The minimum atomic E-state index is -0.487. The van der Waals surface area contributed by atoms with Crippen LogP contribution in [0.5, 0.6) is 0 Å². The Morgan fingerprint density at radius 1 is 1.31 bits per heavy atom. The molecule has 0 fully saturated rings. The molecule has 0 saturated carbocycles. The minimum absolute atomic E-state index is 0.0868. The summed E-state index contributed by atoms with van der Waals surface area (Å²) in [5.74, 6) is -0.329. The average Bonchev–Trinajstić information content (AvgIpc) is 3.08. The number of hydrogen-bond donors (Lipinski definition) is 2. The molecule has 4 aromatic rings. The van der Waals surface area contributed by atoms with E-state index in [1.807, 2.05) is 38.1 Å². The molecule has 4 rings (SSSR count). The number of aromatic nitrogens is 4. The maximum absolute atomic E-state index is 13.3. The summed E-state index contributed by atoms with van der Waals surface area (Å²) < 4.78 is 3.12. The van der Waals surface area contributed by atoms with E-state index in [0.29, 0.717) is 34.8 Å². The summed E-state index contributed by atoms with van der Waals surface area (Å²) in [6.45, 7) is 2.92. The number of pyridine rings is 1. The number of benzene rings is 1. The van der Waals surface area contributed by atoms with Crippen molar-refractivity contribution in [3.05, 3.63) is 69.4 Å². The van der Waals surface area contributed by atoms with Crippen molar-refractivity contribution < 1.29 is 4.79 Å². The topological polar surface area (TPSA) is 111 Å². The fraction of sp³-hybridized carbons (Fsp3) is 0.273. The van der Waals surface area contributed by atoms with Crippen molar-refractivity contribution in [2.45, 2.75) is 19.5 Å². The molecule has 3 aromatic heterocycles. The zero-order chi connectivity index (χ0) is 23.0. The van der Waals surface area contributed by atoms with Gasteiger partial charge in [0.05, 0.1) is 16.5 Å². The first kappa shape index (κ1) is 21.8. The fourth-order valence-electron chi connectivity index (χ4n) is 3.73. The predicted octanol–water partition coefficient (Wildman–Crippen LogP) is 2.33.